The number of rotatable bonds is 4. The number of Topliss-reactive ketones (excluding diaryl/α,β-unsaturated/α-hetero) is 1. The molecule has 5 nitrogen and oxygen atoms in total. The van der Waals surface area contributed by atoms with Crippen LogP contribution in [0.3, 0.4) is 0 Å². The fraction of sp³-hybridized carbons (Fsp3) is 0.250. The molecule has 0 N–H and O–H groups in total. The number of hydrogen-bond acceptors (Lipinski definition) is 5. The van der Waals surface area contributed by atoms with E-state index in [1.165, 1.54) is 0 Å². The third kappa shape index (κ3) is 2.42. The van der Waals surface area contributed by atoms with Gasteiger partial charge >= 0.3 is 0 Å². The highest BCUT2D eigenvalue weighted by Crippen LogP contribution is 2.25. The molecule has 0 saturated carbocycles. The van der Waals surface area contributed by atoms with Gasteiger partial charge in [0, 0.05) is 18.0 Å². The average Bonchev–Trinajstić information content (AvgIpc) is 3.02. The molecule has 2 heterocycles. The summed E-state index contributed by atoms with van der Waals surface area (Å²) in [5.41, 5.74) is 0.666. The summed E-state index contributed by atoms with van der Waals surface area (Å²) in [6, 6.07) is 9.82. The van der Waals surface area contributed by atoms with Gasteiger partial charge in [0.15, 0.2) is 0 Å². The number of benzene rings is 1. The molecule has 5 heteroatoms. The molecule has 1 aromatic carbocycles. The van der Waals surface area contributed by atoms with Crippen LogP contribution in [0.2, 0.25) is 0 Å². The van der Waals surface area contributed by atoms with Crippen molar-refractivity contribution < 1.29 is 9.32 Å². The smallest absolute Gasteiger partial charge is 0.237 e. The first-order valence-corrected chi connectivity index (χ1v) is 6.91. The molecule has 2 aromatic heterocycles. The summed E-state index contributed by atoms with van der Waals surface area (Å²) in [6.45, 7) is 3.60. The van der Waals surface area contributed by atoms with Crippen LogP contribution in [0.25, 0.3) is 22.3 Å². The van der Waals surface area contributed by atoms with E-state index in [1.54, 1.807) is 13.1 Å². The minimum Gasteiger partial charge on any atom is -0.338 e. The van der Waals surface area contributed by atoms with Gasteiger partial charge in [-0.2, -0.15) is 4.98 Å². The van der Waals surface area contributed by atoms with Gasteiger partial charge in [-0.05, 0) is 18.4 Å². The van der Waals surface area contributed by atoms with Crippen LogP contribution in [0.15, 0.2) is 41.1 Å². The van der Waals surface area contributed by atoms with Crippen LogP contribution in [0, 0.1) is 0 Å². The zero-order valence-corrected chi connectivity index (χ0v) is 11.9. The largest absolute Gasteiger partial charge is 0.338 e. The van der Waals surface area contributed by atoms with Gasteiger partial charge in [-0.25, -0.2) is 0 Å². The Bertz CT molecular complexity index is 790. The summed E-state index contributed by atoms with van der Waals surface area (Å²) in [4.78, 5) is 20.4. The summed E-state index contributed by atoms with van der Waals surface area (Å²) < 4.78 is 5.23. The van der Waals surface area contributed by atoms with Crippen molar-refractivity contribution in [3.05, 3.63) is 42.4 Å². The second kappa shape index (κ2) is 5.44. The van der Waals surface area contributed by atoms with E-state index in [4.69, 9.17) is 4.52 Å². The van der Waals surface area contributed by atoms with Crippen molar-refractivity contribution in [2.24, 2.45) is 0 Å². The zero-order valence-electron chi connectivity index (χ0n) is 11.9. The number of aromatic nitrogens is 3. The molecule has 0 aliphatic rings. The molecule has 0 bridgehead atoms. The Morgan fingerprint density at radius 2 is 2.10 bits per heavy atom. The minimum atomic E-state index is -0.383. The Kier molecular flexibility index (Phi) is 3.48. The Morgan fingerprint density at radius 3 is 2.90 bits per heavy atom. The van der Waals surface area contributed by atoms with Crippen LogP contribution in [-0.2, 0) is 4.79 Å². The maximum atomic E-state index is 11.7. The summed E-state index contributed by atoms with van der Waals surface area (Å²) >= 11 is 0. The van der Waals surface area contributed by atoms with Crippen molar-refractivity contribution in [3.63, 3.8) is 0 Å². The van der Waals surface area contributed by atoms with Crippen LogP contribution in [0.4, 0.5) is 0 Å². The Balaban J connectivity index is 2.04. The molecule has 0 radical (unpaired) electrons. The van der Waals surface area contributed by atoms with Crippen LogP contribution in [0.1, 0.15) is 32.1 Å². The van der Waals surface area contributed by atoms with E-state index in [-0.39, 0.29) is 11.7 Å². The molecule has 3 aromatic rings. The van der Waals surface area contributed by atoms with Gasteiger partial charge in [0.2, 0.25) is 11.7 Å². The number of pyridine rings is 1. The van der Waals surface area contributed by atoms with Crippen molar-refractivity contribution in [1.82, 2.24) is 15.1 Å². The average molecular weight is 281 g/mol. The van der Waals surface area contributed by atoms with Gasteiger partial charge in [-0.15, -0.1) is 0 Å². The van der Waals surface area contributed by atoms with Crippen LogP contribution in [-0.4, -0.2) is 20.9 Å². The van der Waals surface area contributed by atoms with E-state index in [0.717, 1.165) is 10.8 Å². The fourth-order valence-electron chi connectivity index (χ4n) is 2.25. The molecule has 1 atom stereocenters. The number of fused-ring (bicyclic) bond motifs is 1. The second-order valence-corrected chi connectivity index (χ2v) is 4.88. The number of carbonyl (C=O) groups excluding carboxylic acids is 1. The first-order valence-electron chi connectivity index (χ1n) is 6.91. The topological polar surface area (TPSA) is 68.9 Å². The predicted molar refractivity (Wildman–Crippen MR) is 78.7 cm³/mol. The minimum absolute atomic E-state index is 0.0797. The van der Waals surface area contributed by atoms with E-state index in [0.29, 0.717) is 23.8 Å². The molecule has 1 unspecified atom stereocenters. The van der Waals surface area contributed by atoms with Gasteiger partial charge in [-0.1, -0.05) is 36.3 Å². The standard InChI is InChI=1S/C16H15N3O2/c1-3-13(20)10(2)16-18-15(19-21-16)14-12-7-5-4-6-11(12)8-9-17-14/h4-10H,3H2,1-2H3. The highest BCUT2D eigenvalue weighted by atomic mass is 16.5. The summed E-state index contributed by atoms with van der Waals surface area (Å²) in [5, 5.41) is 6.00. The molecule has 0 aliphatic carbocycles. The molecule has 106 valence electrons. The number of nitrogens with zero attached hydrogens (tertiary/aromatic N) is 3. The molecule has 0 saturated heterocycles. The number of hydrogen-bond donors (Lipinski definition) is 0. The SMILES string of the molecule is CCC(=O)C(C)c1nc(-c2nccc3ccccc23)no1. The first-order chi connectivity index (χ1) is 10.2. The lowest BCUT2D eigenvalue weighted by Crippen LogP contribution is -2.07. The highest BCUT2D eigenvalue weighted by molar-refractivity contribution is 5.92. The number of carbonyl (C=O) groups is 1. The summed E-state index contributed by atoms with van der Waals surface area (Å²) in [7, 11) is 0. The van der Waals surface area contributed by atoms with Crippen molar-refractivity contribution in [2.75, 3.05) is 0 Å². The maximum absolute atomic E-state index is 11.7. The molecule has 0 aliphatic heterocycles. The van der Waals surface area contributed by atoms with E-state index >= 15 is 0 Å². The Hall–Kier alpha value is -2.56. The van der Waals surface area contributed by atoms with Crippen molar-refractivity contribution in [3.8, 4) is 11.5 Å². The molecule has 0 fully saturated rings. The highest BCUT2D eigenvalue weighted by Gasteiger charge is 2.21. The number of ketones is 1. The van der Waals surface area contributed by atoms with Crippen molar-refractivity contribution in [1.29, 1.82) is 0 Å². The lowest BCUT2D eigenvalue weighted by atomic mass is 10.1. The van der Waals surface area contributed by atoms with Crippen LogP contribution < -0.4 is 0 Å². The quantitative estimate of drug-likeness (QED) is 0.733. The molecule has 0 amide bonds. The maximum Gasteiger partial charge on any atom is 0.237 e. The van der Waals surface area contributed by atoms with Crippen LogP contribution >= 0.6 is 0 Å². The van der Waals surface area contributed by atoms with Gasteiger partial charge in [0.25, 0.3) is 0 Å². The Labute approximate surface area is 122 Å². The molecular formula is C16H15N3O2. The molecule has 21 heavy (non-hydrogen) atoms. The van der Waals surface area contributed by atoms with Crippen molar-refractivity contribution in [2.45, 2.75) is 26.2 Å². The summed E-state index contributed by atoms with van der Waals surface area (Å²) in [5.74, 6) is 0.450. The van der Waals surface area contributed by atoms with Gasteiger partial charge in [0.1, 0.15) is 11.5 Å². The predicted octanol–water partition coefficient (Wildman–Crippen LogP) is 3.37. The Morgan fingerprint density at radius 1 is 1.29 bits per heavy atom. The molecule has 0 spiro atoms. The lowest BCUT2D eigenvalue weighted by molar-refractivity contribution is -0.120. The van der Waals surface area contributed by atoms with Gasteiger partial charge in [-0.3, -0.25) is 9.78 Å². The monoisotopic (exact) mass is 281 g/mol. The third-order valence-electron chi connectivity index (χ3n) is 3.53. The second-order valence-electron chi connectivity index (χ2n) is 4.88. The van der Waals surface area contributed by atoms with Gasteiger partial charge < -0.3 is 4.52 Å². The fourth-order valence-corrected chi connectivity index (χ4v) is 2.25. The van der Waals surface area contributed by atoms with E-state index in [2.05, 4.69) is 15.1 Å². The first kappa shape index (κ1) is 13.4. The van der Waals surface area contributed by atoms with E-state index < -0.39 is 0 Å². The van der Waals surface area contributed by atoms with E-state index in [1.807, 2.05) is 37.3 Å². The van der Waals surface area contributed by atoms with Gasteiger partial charge in [0.05, 0.1) is 5.92 Å². The molecular weight excluding hydrogens is 266 g/mol. The zero-order chi connectivity index (χ0) is 14.8. The van der Waals surface area contributed by atoms with E-state index in [9.17, 15) is 4.79 Å². The lowest BCUT2D eigenvalue weighted by Gasteiger charge is -2.02. The third-order valence-corrected chi connectivity index (χ3v) is 3.53. The molecule has 3 rings (SSSR count). The van der Waals surface area contributed by atoms with Crippen molar-refractivity contribution >= 4 is 16.6 Å². The van der Waals surface area contributed by atoms with Crippen LogP contribution in [0.5, 0.6) is 0 Å². The summed E-state index contributed by atoms with van der Waals surface area (Å²) in [6.07, 6.45) is 2.17. The normalized spacial score (nSPS) is 12.5.